The molecule has 0 N–H and O–H groups in total. The summed E-state index contributed by atoms with van der Waals surface area (Å²) in [5.41, 5.74) is 1.17. The normalized spacial score (nSPS) is 12.8. The fourth-order valence-corrected chi connectivity index (χ4v) is 1.98. The van der Waals surface area contributed by atoms with Crippen molar-refractivity contribution in [2.45, 2.75) is 38.9 Å². The van der Waals surface area contributed by atoms with Crippen LogP contribution < -0.4 is 0 Å². The van der Waals surface area contributed by atoms with E-state index >= 15 is 0 Å². The molecule has 1 aromatic rings. The summed E-state index contributed by atoms with van der Waals surface area (Å²) in [4.78, 5) is 0. The predicted molar refractivity (Wildman–Crippen MR) is 67.0 cm³/mol. The molecular formula is C13H19O2P. The Kier molecular flexibility index (Phi) is 7.03. The van der Waals surface area contributed by atoms with E-state index in [9.17, 15) is 4.57 Å². The van der Waals surface area contributed by atoms with Gasteiger partial charge in [0.05, 0.1) is 18.9 Å². The van der Waals surface area contributed by atoms with Gasteiger partial charge in [-0.25, -0.2) is 0 Å². The van der Waals surface area contributed by atoms with Crippen LogP contribution >= 0.6 is 8.46 Å². The fourth-order valence-electron chi connectivity index (χ4n) is 1.53. The van der Waals surface area contributed by atoms with E-state index < -0.39 is 0 Å². The predicted octanol–water partition coefficient (Wildman–Crippen LogP) is 4.05. The lowest BCUT2D eigenvalue weighted by molar-refractivity contribution is 0.0487. The summed E-state index contributed by atoms with van der Waals surface area (Å²) < 4.78 is 16.4. The Hall–Kier alpha value is -0.720. The van der Waals surface area contributed by atoms with Crippen LogP contribution in [0.3, 0.4) is 0 Å². The number of hydrogen-bond donors (Lipinski definition) is 0. The molecule has 0 fully saturated rings. The molecule has 0 aliphatic rings. The lowest BCUT2D eigenvalue weighted by Gasteiger charge is -2.14. The summed E-state index contributed by atoms with van der Waals surface area (Å²) in [6.07, 6.45) is 4.01. The minimum absolute atomic E-state index is 0.124. The van der Waals surface area contributed by atoms with Crippen LogP contribution in [0, 0.1) is 0 Å². The average molecular weight is 238 g/mol. The van der Waals surface area contributed by atoms with Gasteiger partial charge in [-0.1, -0.05) is 50.1 Å². The van der Waals surface area contributed by atoms with E-state index in [1.807, 2.05) is 30.3 Å². The second-order valence-corrected chi connectivity index (χ2v) is 4.50. The quantitative estimate of drug-likeness (QED) is 0.638. The summed E-state index contributed by atoms with van der Waals surface area (Å²) in [6.45, 7) is 2.77. The first-order valence-corrected chi connectivity index (χ1v) is 6.81. The van der Waals surface area contributed by atoms with Crippen molar-refractivity contribution in [1.82, 2.24) is 0 Å². The van der Waals surface area contributed by atoms with Crippen LogP contribution in [-0.2, 0) is 15.9 Å². The van der Waals surface area contributed by atoms with E-state index in [-0.39, 0.29) is 14.6 Å². The standard InChI is InChI=1S/C13H19O2P/c1-2-3-9-13(11-16-14)15-10-12-7-5-4-6-8-12/h4-8,13H,2-3,9-11H2,1H3. The molecule has 88 valence electrons. The summed E-state index contributed by atoms with van der Waals surface area (Å²) in [7, 11) is 0.181. The first kappa shape index (κ1) is 13.3. The van der Waals surface area contributed by atoms with Crippen LogP contribution in [0.5, 0.6) is 0 Å². The molecule has 1 aromatic carbocycles. The number of benzene rings is 1. The van der Waals surface area contributed by atoms with Gasteiger partial charge in [0.15, 0.2) is 8.46 Å². The number of rotatable bonds is 8. The summed E-state index contributed by atoms with van der Waals surface area (Å²) in [6, 6.07) is 10.1. The molecule has 0 aliphatic heterocycles. The molecule has 0 saturated carbocycles. The molecule has 1 unspecified atom stereocenters. The molecule has 0 heterocycles. The van der Waals surface area contributed by atoms with E-state index in [4.69, 9.17) is 4.74 Å². The van der Waals surface area contributed by atoms with Crippen molar-refractivity contribution < 1.29 is 9.30 Å². The van der Waals surface area contributed by atoms with Gasteiger partial charge in [-0.05, 0) is 12.0 Å². The lowest BCUT2D eigenvalue weighted by atomic mass is 10.2. The van der Waals surface area contributed by atoms with Gasteiger partial charge in [0, 0.05) is 0 Å². The van der Waals surface area contributed by atoms with Crippen LogP contribution in [0.2, 0.25) is 0 Å². The first-order valence-electron chi connectivity index (χ1n) is 5.81. The number of unbranched alkanes of at least 4 members (excludes halogenated alkanes) is 1. The van der Waals surface area contributed by atoms with Gasteiger partial charge < -0.3 is 4.74 Å². The fraction of sp³-hybridized carbons (Fsp3) is 0.538. The zero-order valence-electron chi connectivity index (χ0n) is 9.76. The van der Waals surface area contributed by atoms with Crippen molar-refractivity contribution >= 4 is 8.46 Å². The summed E-state index contributed by atoms with van der Waals surface area (Å²) in [5.74, 6) is 0. The number of ether oxygens (including phenoxy) is 1. The molecule has 0 spiro atoms. The minimum Gasteiger partial charge on any atom is -0.373 e. The maximum absolute atomic E-state index is 10.6. The molecule has 1 rings (SSSR count). The van der Waals surface area contributed by atoms with E-state index in [1.54, 1.807) is 0 Å². The Morgan fingerprint density at radius 3 is 2.69 bits per heavy atom. The second kappa shape index (κ2) is 8.43. The molecule has 16 heavy (non-hydrogen) atoms. The van der Waals surface area contributed by atoms with Crippen molar-refractivity contribution in [3.63, 3.8) is 0 Å². The summed E-state index contributed by atoms with van der Waals surface area (Å²) >= 11 is 0. The smallest absolute Gasteiger partial charge is 0.157 e. The maximum Gasteiger partial charge on any atom is 0.157 e. The molecule has 2 nitrogen and oxygen atoms in total. The molecule has 1 atom stereocenters. The maximum atomic E-state index is 10.6. The Bertz CT molecular complexity index is 287. The van der Waals surface area contributed by atoms with Gasteiger partial charge in [-0.2, -0.15) is 0 Å². The number of hydrogen-bond acceptors (Lipinski definition) is 2. The molecule has 0 aliphatic carbocycles. The highest BCUT2D eigenvalue weighted by Crippen LogP contribution is 2.12. The highest BCUT2D eigenvalue weighted by molar-refractivity contribution is 7.23. The third kappa shape index (κ3) is 5.39. The molecule has 0 radical (unpaired) electrons. The third-order valence-corrected chi connectivity index (χ3v) is 3.04. The van der Waals surface area contributed by atoms with Crippen molar-refractivity contribution in [1.29, 1.82) is 0 Å². The van der Waals surface area contributed by atoms with Crippen LogP contribution in [0.1, 0.15) is 31.7 Å². The second-order valence-electron chi connectivity index (χ2n) is 3.87. The largest absolute Gasteiger partial charge is 0.373 e. The SMILES string of the molecule is CCCCC(CP=O)OCc1ccccc1. The van der Waals surface area contributed by atoms with Crippen LogP contribution in [0.15, 0.2) is 30.3 Å². The zero-order chi connectivity index (χ0) is 11.6. The van der Waals surface area contributed by atoms with Gasteiger partial charge in [-0.3, -0.25) is 4.57 Å². The van der Waals surface area contributed by atoms with Gasteiger partial charge in [-0.15, -0.1) is 0 Å². The Labute approximate surface area is 99.2 Å². The highest BCUT2D eigenvalue weighted by atomic mass is 31.1. The molecule has 0 aromatic heterocycles. The average Bonchev–Trinajstić information content (AvgIpc) is 2.34. The Morgan fingerprint density at radius 1 is 1.31 bits per heavy atom. The van der Waals surface area contributed by atoms with Gasteiger partial charge >= 0.3 is 0 Å². The van der Waals surface area contributed by atoms with E-state index in [0.717, 1.165) is 19.3 Å². The molecule has 0 amide bonds. The van der Waals surface area contributed by atoms with Crippen molar-refractivity contribution in [3.8, 4) is 0 Å². The molecule has 0 bridgehead atoms. The van der Waals surface area contributed by atoms with Crippen molar-refractivity contribution in [2.24, 2.45) is 0 Å². The van der Waals surface area contributed by atoms with Crippen LogP contribution in [-0.4, -0.2) is 12.3 Å². The van der Waals surface area contributed by atoms with Crippen LogP contribution in [0.4, 0.5) is 0 Å². The van der Waals surface area contributed by atoms with E-state index in [1.165, 1.54) is 5.56 Å². The zero-order valence-corrected chi connectivity index (χ0v) is 10.7. The highest BCUT2D eigenvalue weighted by Gasteiger charge is 2.08. The lowest BCUT2D eigenvalue weighted by Crippen LogP contribution is -2.14. The summed E-state index contributed by atoms with van der Waals surface area (Å²) in [5, 5.41) is 0. The molecular weight excluding hydrogens is 219 g/mol. The third-order valence-electron chi connectivity index (χ3n) is 2.49. The Morgan fingerprint density at radius 2 is 2.06 bits per heavy atom. The van der Waals surface area contributed by atoms with Crippen LogP contribution in [0.25, 0.3) is 0 Å². The Balaban J connectivity index is 2.34. The monoisotopic (exact) mass is 238 g/mol. The first-order chi connectivity index (χ1) is 7.86. The molecule has 3 heteroatoms. The van der Waals surface area contributed by atoms with Crippen molar-refractivity contribution in [2.75, 3.05) is 6.16 Å². The van der Waals surface area contributed by atoms with Gasteiger partial charge in [0.25, 0.3) is 0 Å². The van der Waals surface area contributed by atoms with E-state index in [0.29, 0.717) is 12.8 Å². The van der Waals surface area contributed by atoms with E-state index in [2.05, 4.69) is 6.92 Å². The topological polar surface area (TPSA) is 26.3 Å². The minimum atomic E-state index is 0.124. The molecule has 0 saturated heterocycles. The van der Waals surface area contributed by atoms with Gasteiger partial charge in [0.1, 0.15) is 0 Å². The van der Waals surface area contributed by atoms with Crippen molar-refractivity contribution in [3.05, 3.63) is 35.9 Å². The van der Waals surface area contributed by atoms with Gasteiger partial charge in [0.2, 0.25) is 0 Å².